The second-order valence-corrected chi connectivity index (χ2v) is 5.32. The number of hydrogen-bond donors (Lipinski definition) is 2. The minimum absolute atomic E-state index is 0.0492. The molecule has 0 bridgehead atoms. The molecular formula is C13H24N4O2. The molecule has 1 saturated carbocycles. The second kappa shape index (κ2) is 5.90. The summed E-state index contributed by atoms with van der Waals surface area (Å²) in [6.07, 6.45) is 4.16. The molecule has 1 aliphatic carbocycles. The van der Waals surface area contributed by atoms with E-state index in [4.69, 9.17) is 15.3 Å². The molecule has 2 atom stereocenters. The molecule has 2 rings (SSSR count). The van der Waals surface area contributed by atoms with Crippen LogP contribution in [0.3, 0.4) is 0 Å². The van der Waals surface area contributed by atoms with Crippen LogP contribution in [0.15, 0.2) is 6.20 Å². The van der Waals surface area contributed by atoms with Crippen LogP contribution in [0.25, 0.3) is 0 Å². The van der Waals surface area contributed by atoms with Crippen molar-refractivity contribution in [2.75, 3.05) is 14.2 Å². The topological polar surface area (TPSA) is 74.3 Å². The van der Waals surface area contributed by atoms with Crippen LogP contribution in [0.5, 0.6) is 5.75 Å². The lowest BCUT2D eigenvalue weighted by Crippen LogP contribution is -2.40. The molecule has 0 aromatic carbocycles. The molecule has 6 heteroatoms. The minimum atomic E-state index is -0.114. The summed E-state index contributed by atoms with van der Waals surface area (Å²) in [5.41, 5.74) is 3.84. The zero-order valence-corrected chi connectivity index (χ0v) is 12.1. The van der Waals surface area contributed by atoms with Gasteiger partial charge in [-0.15, -0.1) is 0 Å². The van der Waals surface area contributed by atoms with Gasteiger partial charge >= 0.3 is 0 Å². The number of methoxy groups -OCH3 is 2. The van der Waals surface area contributed by atoms with E-state index in [1.807, 2.05) is 4.68 Å². The van der Waals surface area contributed by atoms with Crippen molar-refractivity contribution in [2.24, 2.45) is 11.8 Å². The molecule has 3 N–H and O–H groups in total. The first-order valence-corrected chi connectivity index (χ1v) is 6.74. The van der Waals surface area contributed by atoms with Crippen molar-refractivity contribution in [3.63, 3.8) is 0 Å². The van der Waals surface area contributed by atoms with E-state index in [0.717, 1.165) is 11.4 Å². The zero-order chi connectivity index (χ0) is 14.0. The van der Waals surface area contributed by atoms with Gasteiger partial charge in [0.15, 0.2) is 5.75 Å². The van der Waals surface area contributed by atoms with Gasteiger partial charge in [0.2, 0.25) is 0 Å². The molecule has 1 aliphatic rings. The maximum atomic E-state index is 5.77. The van der Waals surface area contributed by atoms with Crippen molar-refractivity contribution in [3.8, 4) is 5.75 Å². The Bertz CT molecular complexity index is 415. The Morgan fingerprint density at radius 2 is 2.11 bits per heavy atom. The van der Waals surface area contributed by atoms with Gasteiger partial charge in [-0.2, -0.15) is 5.10 Å². The third-order valence-corrected chi connectivity index (χ3v) is 3.67. The number of hydrazine groups is 1. The van der Waals surface area contributed by atoms with Crippen LogP contribution in [0.1, 0.15) is 44.5 Å². The van der Waals surface area contributed by atoms with Gasteiger partial charge in [0.05, 0.1) is 25.5 Å². The molecule has 1 fully saturated rings. The fourth-order valence-corrected chi connectivity index (χ4v) is 2.58. The van der Waals surface area contributed by atoms with Crippen LogP contribution in [0, 0.1) is 5.92 Å². The summed E-state index contributed by atoms with van der Waals surface area (Å²) < 4.78 is 13.0. The number of nitrogens with one attached hydrogen (secondary N) is 1. The van der Waals surface area contributed by atoms with E-state index < -0.39 is 0 Å². The van der Waals surface area contributed by atoms with Crippen LogP contribution in [-0.2, 0) is 4.74 Å². The number of nitrogens with zero attached hydrogens (tertiary/aromatic N) is 2. The van der Waals surface area contributed by atoms with E-state index in [1.54, 1.807) is 20.4 Å². The molecule has 19 heavy (non-hydrogen) atoms. The Morgan fingerprint density at radius 1 is 1.42 bits per heavy atom. The number of hydrogen-bond acceptors (Lipinski definition) is 5. The van der Waals surface area contributed by atoms with Gasteiger partial charge in [-0.1, -0.05) is 0 Å². The number of rotatable bonds is 7. The van der Waals surface area contributed by atoms with Crippen LogP contribution in [0.4, 0.5) is 0 Å². The summed E-state index contributed by atoms with van der Waals surface area (Å²) in [6.45, 7) is 4.17. The van der Waals surface area contributed by atoms with E-state index in [-0.39, 0.29) is 18.2 Å². The SMILES string of the molecule is COc1cnn(C(C)C)c1C(NN)C(OC)C1CC1. The van der Waals surface area contributed by atoms with Gasteiger partial charge in [-0.25, -0.2) is 5.43 Å². The Morgan fingerprint density at radius 3 is 2.53 bits per heavy atom. The Balaban J connectivity index is 2.37. The maximum absolute atomic E-state index is 5.77. The first-order chi connectivity index (χ1) is 9.13. The van der Waals surface area contributed by atoms with Gasteiger partial charge in [0.1, 0.15) is 5.69 Å². The van der Waals surface area contributed by atoms with Crippen molar-refractivity contribution in [2.45, 2.75) is 44.9 Å². The molecule has 0 amide bonds. The number of ether oxygens (including phenoxy) is 2. The normalized spacial score (nSPS) is 18.6. The average Bonchev–Trinajstić information content (AvgIpc) is 3.14. The molecular weight excluding hydrogens is 244 g/mol. The lowest BCUT2D eigenvalue weighted by molar-refractivity contribution is 0.0468. The highest BCUT2D eigenvalue weighted by atomic mass is 16.5. The zero-order valence-electron chi connectivity index (χ0n) is 12.1. The van der Waals surface area contributed by atoms with Gasteiger partial charge in [0.25, 0.3) is 0 Å². The predicted octanol–water partition coefficient (Wildman–Crippen LogP) is 1.40. The minimum Gasteiger partial charge on any atom is -0.493 e. The van der Waals surface area contributed by atoms with Crippen molar-refractivity contribution >= 4 is 0 Å². The van der Waals surface area contributed by atoms with E-state index in [0.29, 0.717) is 5.92 Å². The smallest absolute Gasteiger partial charge is 0.161 e. The summed E-state index contributed by atoms with van der Waals surface area (Å²) >= 11 is 0. The van der Waals surface area contributed by atoms with Crippen molar-refractivity contribution in [1.82, 2.24) is 15.2 Å². The summed E-state index contributed by atoms with van der Waals surface area (Å²) in [4.78, 5) is 0. The van der Waals surface area contributed by atoms with E-state index in [1.165, 1.54) is 12.8 Å². The Labute approximate surface area is 114 Å². The average molecular weight is 268 g/mol. The molecule has 0 aliphatic heterocycles. The Kier molecular flexibility index (Phi) is 4.44. The summed E-state index contributed by atoms with van der Waals surface area (Å²) in [7, 11) is 3.38. The first-order valence-electron chi connectivity index (χ1n) is 6.74. The largest absolute Gasteiger partial charge is 0.493 e. The highest BCUT2D eigenvalue weighted by Gasteiger charge is 2.40. The summed E-state index contributed by atoms with van der Waals surface area (Å²) in [5.74, 6) is 7.08. The van der Waals surface area contributed by atoms with Gasteiger partial charge in [-0.05, 0) is 32.6 Å². The molecule has 1 aromatic rings. The van der Waals surface area contributed by atoms with Crippen LogP contribution in [-0.4, -0.2) is 30.1 Å². The highest BCUT2D eigenvalue weighted by molar-refractivity contribution is 5.30. The first kappa shape index (κ1) is 14.3. The standard InChI is InChI=1S/C13H24N4O2/c1-8(2)17-12(10(18-3)7-15-17)11(16-14)13(19-4)9-5-6-9/h7-9,11,13,16H,5-6,14H2,1-4H3. The van der Waals surface area contributed by atoms with Crippen molar-refractivity contribution < 1.29 is 9.47 Å². The van der Waals surface area contributed by atoms with Gasteiger partial charge < -0.3 is 9.47 Å². The lowest BCUT2D eigenvalue weighted by atomic mass is 10.0. The van der Waals surface area contributed by atoms with E-state index in [2.05, 4.69) is 24.4 Å². The van der Waals surface area contributed by atoms with Gasteiger partial charge in [0, 0.05) is 13.2 Å². The molecule has 0 spiro atoms. The van der Waals surface area contributed by atoms with E-state index in [9.17, 15) is 0 Å². The molecule has 108 valence electrons. The Hall–Kier alpha value is -1.11. The van der Waals surface area contributed by atoms with Crippen molar-refractivity contribution in [1.29, 1.82) is 0 Å². The molecule has 2 unspecified atom stereocenters. The van der Waals surface area contributed by atoms with Gasteiger partial charge in [-0.3, -0.25) is 10.5 Å². The monoisotopic (exact) mass is 268 g/mol. The maximum Gasteiger partial charge on any atom is 0.161 e. The molecule has 6 nitrogen and oxygen atoms in total. The lowest BCUT2D eigenvalue weighted by Gasteiger charge is -2.27. The predicted molar refractivity (Wildman–Crippen MR) is 72.7 cm³/mol. The summed E-state index contributed by atoms with van der Waals surface area (Å²) in [6, 6.07) is 0.129. The van der Waals surface area contributed by atoms with E-state index >= 15 is 0 Å². The molecule has 0 radical (unpaired) electrons. The quantitative estimate of drug-likeness (QED) is 0.577. The number of aromatic nitrogens is 2. The van der Waals surface area contributed by atoms with Crippen LogP contribution in [0.2, 0.25) is 0 Å². The fourth-order valence-electron chi connectivity index (χ4n) is 2.58. The second-order valence-electron chi connectivity index (χ2n) is 5.32. The third kappa shape index (κ3) is 2.75. The van der Waals surface area contributed by atoms with Crippen LogP contribution >= 0.6 is 0 Å². The third-order valence-electron chi connectivity index (χ3n) is 3.67. The van der Waals surface area contributed by atoms with Crippen LogP contribution < -0.4 is 16.0 Å². The number of nitrogens with two attached hydrogens (primary N) is 1. The molecule has 0 saturated heterocycles. The summed E-state index contributed by atoms with van der Waals surface area (Å²) in [5, 5.41) is 4.39. The molecule has 1 heterocycles. The molecule has 1 aromatic heterocycles. The van der Waals surface area contributed by atoms with Crippen molar-refractivity contribution in [3.05, 3.63) is 11.9 Å². The fraction of sp³-hybridized carbons (Fsp3) is 0.769. The highest BCUT2D eigenvalue weighted by Crippen LogP contribution is 2.41.